The molecule has 0 radical (unpaired) electrons. The maximum absolute atomic E-state index is 3.72. The highest BCUT2D eigenvalue weighted by molar-refractivity contribution is 5.55. The van der Waals surface area contributed by atoms with Crippen LogP contribution in [-0.4, -0.2) is 18.6 Å². The van der Waals surface area contributed by atoms with E-state index in [1.807, 2.05) is 0 Å². The SMILES string of the molecule is CCCC1CN(C(C)CCC)c2ccccc2CN1. The Morgan fingerprint density at radius 2 is 2.05 bits per heavy atom. The minimum atomic E-state index is 0.622. The molecule has 0 aliphatic carbocycles. The lowest BCUT2D eigenvalue weighted by molar-refractivity contribution is 0.459. The lowest BCUT2D eigenvalue weighted by Crippen LogP contribution is -2.42. The van der Waals surface area contributed by atoms with Crippen LogP contribution in [0.1, 0.15) is 52.0 Å². The van der Waals surface area contributed by atoms with E-state index in [0.29, 0.717) is 12.1 Å². The van der Waals surface area contributed by atoms with Crippen LogP contribution in [0.15, 0.2) is 24.3 Å². The summed E-state index contributed by atoms with van der Waals surface area (Å²) in [6, 6.07) is 10.1. The van der Waals surface area contributed by atoms with Crippen LogP contribution >= 0.6 is 0 Å². The zero-order valence-electron chi connectivity index (χ0n) is 12.7. The molecule has 1 aromatic carbocycles. The van der Waals surface area contributed by atoms with Gasteiger partial charge in [0, 0.05) is 30.9 Å². The highest BCUT2D eigenvalue weighted by atomic mass is 15.2. The van der Waals surface area contributed by atoms with E-state index in [-0.39, 0.29) is 0 Å². The highest BCUT2D eigenvalue weighted by Crippen LogP contribution is 2.27. The first-order valence-electron chi connectivity index (χ1n) is 7.84. The molecule has 1 aliphatic rings. The first-order chi connectivity index (χ1) is 9.26. The minimum absolute atomic E-state index is 0.622. The molecule has 2 nitrogen and oxygen atoms in total. The van der Waals surface area contributed by atoms with Crippen LogP contribution in [-0.2, 0) is 6.54 Å². The molecule has 1 heterocycles. The largest absolute Gasteiger partial charge is 0.367 e. The lowest BCUT2D eigenvalue weighted by Gasteiger charge is -2.33. The molecule has 1 N–H and O–H groups in total. The summed E-state index contributed by atoms with van der Waals surface area (Å²) in [5.41, 5.74) is 2.89. The molecule has 0 fully saturated rings. The molecule has 0 saturated heterocycles. The van der Waals surface area contributed by atoms with E-state index in [1.165, 1.54) is 36.9 Å². The quantitative estimate of drug-likeness (QED) is 0.862. The summed E-state index contributed by atoms with van der Waals surface area (Å²) >= 11 is 0. The fourth-order valence-electron chi connectivity index (χ4n) is 3.13. The van der Waals surface area contributed by atoms with Gasteiger partial charge in [-0.2, -0.15) is 0 Å². The molecule has 0 aromatic heterocycles. The molecular weight excluding hydrogens is 232 g/mol. The lowest BCUT2D eigenvalue weighted by atomic mass is 10.1. The molecule has 2 rings (SSSR count). The maximum atomic E-state index is 3.72. The predicted molar refractivity (Wildman–Crippen MR) is 83.7 cm³/mol. The first-order valence-corrected chi connectivity index (χ1v) is 7.84. The van der Waals surface area contributed by atoms with Gasteiger partial charge in [0.05, 0.1) is 0 Å². The number of rotatable bonds is 5. The second kappa shape index (κ2) is 6.95. The van der Waals surface area contributed by atoms with Gasteiger partial charge in [-0.15, -0.1) is 0 Å². The number of para-hydroxylation sites is 1. The van der Waals surface area contributed by atoms with E-state index >= 15 is 0 Å². The zero-order valence-corrected chi connectivity index (χ0v) is 12.7. The van der Waals surface area contributed by atoms with Crippen LogP contribution in [0, 0.1) is 0 Å². The Hall–Kier alpha value is -1.02. The summed E-state index contributed by atoms with van der Waals surface area (Å²) < 4.78 is 0. The predicted octanol–water partition coefficient (Wildman–Crippen LogP) is 3.95. The molecule has 2 atom stereocenters. The van der Waals surface area contributed by atoms with Crippen molar-refractivity contribution in [3.05, 3.63) is 29.8 Å². The van der Waals surface area contributed by atoms with Gasteiger partial charge in [0.15, 0.2) is 0 Å². The number of anilines is 1. The van der Waals surface area contributed by atoms with E-state index in [4.69, 9.17) is 0 Å². The van der Waals surface area contributed by atoms with Crippen LogP contribution in [0.4, 0.5) is 5.69 Å². The summed E-state index contributed by atoms with van der Waals surface area (Å²) in [6.45, 7) is 9.08. The number of hydrogen-bond donors (Lipinski definition) is 1. The molecule has 2 unspecified atom stereocenters. The summed E-state index contributed by atoms with van der Waals surface area (Å²) in [7, 11) is 0. The summed E-state index contributed by atoms with van der Waals surface area (Å²) in [5, 5.41) is 3.72. The second-order valence-electron chi connectivity index (χ2n) is 5.79. The fraction of sp³-hybridized carbons (Fsp3) is 0.647. The average Bonchev–Trinajstić information content (AvgIpc) is 2.60. The smallest absolute Gasteiger partial charge is 0.0414 e. The monoisotopic (exact) mass is 260 g/mol. The third-order valence-corrected chi connectivity index (χ3v) is 4.17. The molecule has 0 spiro atoms. The molecule has 19 heavy (non-hydrogen) atoms. The summed E-state index contributed by atoms with van der Waals surface area (Å²) in [5.74, 6) is 0. The number of fused-ring (bicyclic) bond motifs is 1. The third-order valence-electron chi connectivity index (χ3n) is 4.17. The Balaban J connectivity index is 2.23. The van der Waals surface area contributed by atoms with Crippen LogP contribution in [0.2, 0.25) is 0 Å². The normalized spacial score (nSPS) is 20.8. The Labute approximate surface area is 118 Å². The Morgan fingerprint density at radius 1 is 1.26 bits per heavy atom. The van der Waals surface area contributed by atoms with Gasteiger partial charge in [0.1, 0.15) is 0 Å². The topological polar surface area (TPSA) is 15.3 Å². The molecule has 0 saturated carbocycles. The van der Waals surface area contributed by atoms with Crippen molar-refractivity contribution in [2.24, 2.45) is 0 Å². The van der Waals surface area contributed by atoms with Crippen LogP contribution in [0.25, 0.3) is 0 Å². The van der Waals surface area contributed by atoms with Crippen molar-refractivity contribution in [3.63, 3.8) is 0 Å². The van der Waals surface area contributed by atoms with Crippen molar-refractivity contribution in [1.29, 1.82) is 0 Å². The van der Waals surface area contributed by atoms with E-state index in [0.717, 1.165) is 13.1 Å². The summed E-state index contributed by atoms with van der Waals surface area (Å²) in [6.07, 6.45) is 5.05. The van der Waals surface area contributed by atoms with Gasteiger partial charge in [0.2, 0.25) is 0 Å². The van der Waals surface area contributed by atoms with Crippen molar-refractivity contribution < 1.29 is 0 Å². The number of benzene rings is 1. The second-order valence-corrected chi connectivity index (χ2v) is 5.79. The van der Waals surface area contributed by atoms with Crippen molar-refractivity contribution in [3.8, 4) is 0 Å². The standard InChI is InChI=1S/C17H28N2/c1-4-8-14(3)19-13-16(9-5-2)18-12-15-10-6-7-11-17(15)19/h6-7,10-11,14,16,18H,4-5,8-9,12-13H2,1-3H3. The Bertz CT molecular complexity index is 389. The first kappa shape index (κ1) is 14.4. The van der Waals surface area contributed by atoms with Gasteiger partial charge in [-0.25, -0.2) is 0 Å². The van der Waals surface area contributed by atoms with Crippen molar-refractivity contribution in [1.82, 2.24) is 5.32 Å². The number of hydrogen-bond acceptors (Lipinski definition) is 2. The average molecular weight is 260 g/mol. The van der Waals surface area contributed by atoms with E-state index in [2.05, 4.69) is 55.3 Å². The molecular formula is C17H28N2. The Kier molecular flexibility index (Phi) is 5.26. The number of nitrogens with one attached hydrogen (secondary N) is 1. The van der Waals surface area contributed by atoms with Gasteiger partial charge in [-0.3, -0.25) is 0 Å². The third kappa shape index (κ3) is 3.50. The number of nitrogens with zero attached hydrogens (tertiary/aromatic N) is 1. The van der Waals surface area contributed by atoms with Gasteiger partial charge in [0.25, 0.3) is 0 Å². The van der Waals surface area contributed by atoms with Gasteiger partial charge in [-0.05, 0) is 31.4 Å². The molecule has 0 bridgehead atoms. The minimum Gasteiger partial charge on any atom is -0.367 e. The summed E-state index contributed by atoms with van der Waals surface area (Å²) in [4.78, 5) is 2.62. The van der Waals surface area contributed by atoms with Gasteiger partial charge >= 0.3 is 0 Å². The zero-order chi connectivity index (χ0) is 13.7. The fourth-order valence-corrected chi connectivity index (χ4v) is 3.13. The van der Waals surface area contributed by atoms with Gasteiger partial charge in [-0.1, -0.05) is 44.9 Å². The Morgan fingerprint density at radius 3 is 2.79 bits per heavy atom. The molecule has 1 aliphatic heterocycles. The molecule has 2 heteroatoms. The van der Waals surface area contributed by atoms with Crippen molar-refractivity contribution in [2.45, 2.75) is 65.1 Å². The maximum Gasteiger partial charge on any atom is 0.0414 e. The van der Waals surface area contributed by atoms with E-state index < -0.39 is 0 Å². The molecule has 0 amide bonds. The molecule has 106 valence electrons. The molecule has 1 aromatic rings. The van der Waals surface area contributed by atoms with E-state index in [9.17, 15) is 0 Å². The highest BCUT2D eigenvalue weighted by Gasteiger charge is 2.23. The van der Waals surface area contributed by atoms with Gasteiger partial charge < -0.3 is 10.2 Å². The van der Waals surface area contributed by atoms with Crippen LogP contribution < -0.4 is 10.2 Å². The van der Waals surface area contributed by atoms with Crippen LogP contribution in [0.5, 0.6) is 0 Å². The van der Waals surface area contributed by atoms with Crippen molar-refractivity contribution in [2.75, 3.05) is 11.4 Å². The van der Waals surface area contributed by atoms with Crippen molar-refractivity contribution >= 4 is 5.69 Å². The van der Waals surface area contributed by atoms with Crippen LogP contribution in [0.3, 0.4) is 0 Å². The van der Waals surface area contributed by atoms with E-state index in [1.54, 1.807) is 0 Å².